The van der Waals surface area contributed by atoms with Gasteiger partial charge in [0.15, 0.2) is 12.0 Å². The summed E-state index contributed by atoms with van der Waals surface area (Å²) in [5, 5.41) is 11.9. The highest BCUT2D eigenvalue weighted by Crippen LogP contribution is 2.49. The number of hydrogen-bond acceptors (Lipinski definition) is 5. The summed E-state index contributed by atoms with van der Waals surface area (Å²) in [5.74, 6) is -0.0798. The number of carbonyl (C=O) groups is 1. The van der Waals surface area contributed by atoms with Gasteiger partial charge in [-0.2, -0.15) is 0 Å². The van der Waals surface area contributed by atoms with Crippen molar-refractivity contribution < 1.29 is 23.8 Å². The molecule has 2 aliphatic rings. The molecule has 2 aromatic carbocycles. The molecule has 3 aromatic rings. The van der Waals surface area contributed by atoms with Crippen LogP contribution in [-0.2, 0) is 6.54 Å². The fourth-order valence-electron chi connectivity index (χ4n) is 4.57. The predicted molar refractivity (Wildman–Crippen MR) is 131 cm³/mol. The third kappa shape index (κ3) is 4.08. The molecule has 0 saturated heterocycles. The van der Waals surface area contributed by atoms with Gasteiger partial charge < -0.3 is 19.5 Å². The van der Waals surface area contributed by atoms with Gasteiger partial charge in [0.1, 0.15) is 23.2 Å². The van der Waals surface area contributed by atoms with E-state index in [2.05, 4.69) is 4.98 Å². The normalized spacial score (nSPS) is 17.8. The minimum absolute atomic E-state index is 0.0949. The lowest BCUT2D eigenvalue weighted by atomic mass is 10.0. The van der Waals surface area contributed by atoms with Gasteiger partial charge in [-0.25, -0.2) is 4.39 Å². The number of pyridine rings is 1. The molecule has 178 valence electrons. The Labute approximate surface area is 202 Å². The maximum absolute atomic E-state index is 13.7. The molecule has 0 saturated carbocycles. The van der Waals surface area contributed by atoms with Crippen molar-refractivity contribution in [2.24, 2.45) is 0 Å². The molecule has 1 aliphatic carbocycles. The van der Waals surface area contributed by atoms with Crippen molar-refractivity contribution in [2.45, 2.75) is 32.2 Å². The highest BCUT2D eigenvalue weighted by Gasteiger charge is 2.43. The van der Waals surface area contributed by atoms with Crippen LogP contribution in [0.2, 0.25) is 0 Å². The predicted octanol–water partition coefficient (Wildman–Crippen LogP) is 5.24. The van der Waals surface area contributed by atoms with E-state index in [0.717, 1.165) is 5.57 Å². The molecule has 1 N–H and O–H groups in total. The fourth-order valence-corrected chi connectivity index (χ4v) is 4.57. The number of fused-ring (bicyclic) bond motifs is 2. The van der Waals surface area contributed by atoms with Crippen LogP contribution in [0.15, 0.2) is 78.5 Å². The number of rotatable bonds is 6. The molecule has 2 heterocycles. The van der Waals surface area contributed by atoms with Crippen LogP contribution in [0.25, 0.3) is 10.9 Å². The maximum atomic E-state index is 13.7. The maximum Gasteiger partial charge on any atom is 0.260 e. The van der Waals surface area contributed by atoms with Crippen LogP contribution in [0.1, 0.15) is 41.1 Å². The van der Waals surface area contributed by atoms with E-state index in [1.807, 2.05) is 43.4 Å². The zero-order chi connectivity index (χ0) is 24.5. The third-order valence-corrected chi connectivity index (χ3v) is 6.35. The quantitative estimate of drug-likeness (QED) is 0.531. The van der Waals surface area contributed by atoms with Crippen LogP contribution in [0.5, 0.6) is 11.5 Å². The Hall–Kier alpha value is -3.97. The first kappa shape index (κ1) is 22.8. The summed E-state index contributed by atoms with van der Waals surface area (Å²) < 4.78 is 25.5. The van der Waals surface area contributed by atoms with Crippen molar-refractivity contribution in [1.82, 2.24) is 9.88 Å². The molecule has 0 spiro atoms. The van der Waals surface area contributed by atoms with Crippen LogP contribution in [0.3, 0.4) is 0 Å². The third-order valence-electron chi connectivity index (χ3n) is 6.35. The first-order valence-electron chi connectivity index (χ1n) is 11.4. The largest absolute Gasteiger partial charge is 0.496 e. The number of benzene rings is 2. The molecule has 6 nitrogen and oxygen atoms in total. The summed E-state index contributed by atoms with van der Waals surface area (Å²) in [6.45, 7) is 2.02. The molecule has 5 rings (SSSR count). The van der Waals surface area contributed by atoms with E-state index in [1.54, 1.807) is 24.4 Å². The van der Waals surface area contributed by atoms with Crippen LogP contribution in [-0.4, -0.2) is 34.1 Å². The number of halogens is 1. The molecule has 2 atom stereocenters. The molecule has 7 heteroatoms. The Kier molecular flexibility index (Phi) is 6.09. The number of nitrogens with zero attached hydrogens (tertiary/aromatic N) is 2. The van der Waals surface area contributed by atoms with Gasteiger partial charge in [-0.05, 0) is 48.7 Å². The molecular weight excluding hydrogens is 447 g/mol. The van der Waals surface area contributed by atoms with Crippen LogP contribution < -0.4 is 9.47 Å². The number of allylic oxidation sites excluding steroid dienone is 5. The lowest BCUT2D eigenvalue weighted by Crippen LogP contribution is -2.27. The second-order valence-corrected chi connectivity index (χ2v) is 8.50. The zero-order valence-corrected chi connectivity index (χ0v) is 19.4. The second-order valence-electron chi connectivity index (χ2n) is 8.50. The monoisotopic (exact) mass is 472 g/mol. The number of aliphatic hydroxyl groups excluding tert-OH is 1. The van der Waals surface area contributed by atoms with Crippen molar-refractivity contribution in [1.29, 1.82) is 0 Å². The fraction of sp³-hybridized carbons (Fsp3) is 0.214. The number of amides is 1. The first-order chi connectivity index (χ1) is 17.0. The molecule has 0 fully saturated rings. The Balaban J connectivity index is 1.62. The van der Waals surface area contributed by atoms with E-state index < -0.39 is 12.1 Å². The summed E-state index contributed by atoms with van der Waals surface area (Å²) >= 11 is 0. The minimum Gasteiger partial charge on any atom is -0.496 e. The summed E-state index contributed by atoms with van der Waals surface area (Å²) in [5.41, 5.74) is 2.79. The number of ether oxygens (including phenoxy) is 2. The number of carbonyl (C=O) groups excluding carboxylic acids is 1. The average Bonchev–Trinajstić information content (AvgIpc) is 3.06. The van der Waals surface area contributed by atoms with Crippen molar-refractivity contribution in [3.05, 3.63) is 101 Å². The number of hydrogen-bond donors (Lipinski definition) is 1. The summed E-state index contributed by atoms with van der Waals surface area (Å²) in [7, 11) is 1.50. The van der Waals surface area contributed by atoms with Crippen molar-refractivity contribution in [3.63, 3.8) is 0 Å². The lowest BCUT2D eigenvalue weighted by molar-refractivity contribution is 0.0129. The van der Waals surface area contributed by atoms with Gasteiger partial charge in [0.25, 0.3) is 5.91 Å². The average molecular weight is 473 g/mol. The zero-order valence-electron chi connectivity index (χ0n) is 19.4. The minimum atomic E-state index is -1.26. The molecule has 35 heavy (non-hydrogen) atoms. The van der Waals surface area contributed by atoms with Gasteiger partial charge in [0.05, 0.1) is 18.2 Å². The van der Waals surface area contributed by atoms with Gasteiger partial charge in [0, 0.05) is 18.1 Å². The Morgan fingerprint density at radius 3 is 2.74 bits per heavy atom. The standard InChI is InChI=1S/C28H25FN2O4/c1-17(19-8-5-3-4-6-9-19)35-26-23-22(25(34-2)21-10-7-15-30-24(21)26)27(32)31(28(23)33)16-18-11-13-20(29)14-12-18/h3-8,10-15,17,27,32H,9,16H2,1-2H3. The van der Waals surface area contributed by atoms with Crippen molar-refractivity contribution >= 4 is 16.8 Å². The first-order valence-corrected chi connectivity index (χ1v) is 11.4. The second kappa shape index (κ2) is 9.35. The Morgan fingerprint density at radius 1 is 1.17 bits per heavy atom. The highest BCUT2D eigenvalue weighted by atomic mass is 19.1. The number of aromatic nitrogens is 1. The van der Waals surface area contributed by atoms with E-state index >= 15 is 0 Å². The van der Waals surface area contributed by atoms with Gasteiger partial charge in [-0.1, -0.05) is 42.5 Å². The number of aliphatic hydroxyl groups is 1. The molecule has 0 radical (unpaired) electrons. The van der Waals surface area contributed by atoms with E-state index in [4.69, 9.17) is 9.47 Å². The molecule has 1 aromatic heterocycles. The van der Waals surface area contributed by atoms with Crippen molar-refractivity contribution in [2.75, 3.05) is 7.11 Å². The van der Waals surface area contributed by atoms with Gasteiger partial charge in [0.2, 0.25) is 0 Å². The SMILES string of the molecule is COc1c2c(c(OC(C)C3=CC=CC=CC3)c3ncccc13)C(=O)N(Cc1ccc(F)cc1)C2O. The van der Waals surface area contributed by atoms with E-state index in [-0.39, 0.29) is 24.0 Å². The van der Waals surface area contributed by atoms with Crippen LogP contribution in [0.4, 0.5) is 4.39 Å². The molecular formula is C28H25FN2O4. The molecule has 1 aliphatic heterocycles. The topological polar surface area (TPSA) is 71.9 Å². The summed E-state index contributed by atoms with van der Waals surface area (Å²) in [4.78, 5) is 19.6. The smallest absolute Gasteiger partial charge is 0.260 e. The molecule has 1 amide bonds. The Morgan fingerprint density at radius 2 is 1.97 bits per heavy atom. The number of methoxy groups -OCH3 is 1. The van der Waals surface area contributed by atoms with E-state index in [0.29, 0.717) is 39.9 Å². The summed E-state index contributed by atoms with van der Waals surface area (Å²) in [6.07, 6.45) is 10.7. The Bertz CT molecular complexity index is 1380. The molecule has 2 unspecified atom stereocenters. The lowest BCUT2D eigenvalue weighted by Gasteiger charge is -2.22. The van der Waals surface area contributed by atoms with Crippen molar-refractivity contribution in [3.8, 4) is 11.5 Å². The van der Waals surface area contributed by atoms with Gasteiger partial charge >= 0.3 is 0 Å². The summed E-state index contributed by atoms with van der Waals surface area (Å²) in [6, 6.07) is 9.43. The van der Waals surface area contributed by atoms with E-state index in [9.17, 15) is 14.3 Å². The van der Waals surface area contributed by atoms with E-state index in [1.165, 1.54) is 24.1 Å². The van der Waals surface area contributed by atoms with Gasteiger partial charge in [-0.3, -0.25) is 9.78 Å². The van der Waals surface area contributed by atoms with Crippen LogP contribution >= 0.6 is 0 Å². The highest BCUT2D eigenvalue weighted by molar-refractivity contribution is 6.09. The molecule has 0 bridgehead atoms. The van der Waals surface area contributed by atoms with Crippen LogP contribution in [0, 0.1) is 5.82 Å². The van der Waals surface area contributed by atoms with Gasteiger partial charge in [-0.15, -0.1) is 0 Å².